The lowest BCUT2D eigenvalue weighted by Crippen LogP contribution is -2.57. The van der Waals surface area contributed by atoms with Gasteiger partial charge in [-0.1, -0.05) is 30.9 Å². The molecule has 1 aromatic carbocycles. The van der Waals surface area contributed by atoms with E-state index in [2.05, 4.69) is 19.8 Å². The Hall–Kier alpha value is -2.10. The summed E-state index contributed by atoms with van der Waals surface area (Å²) in [6, 6.07) is 5.19. The third-order valence-electron chi connectivity index (χ3n) is 5.22. The first-order valence-corrected chi connectivity index (χ1v) is 11.4. The highest BCUT2D eigenvalue weighted by Crippen LogP contribution is 2.30. The van der Waals surface area contributed by atoms with Crippen LogP contribution in [0.25, 0.3) is 10.9 Å². The molecule has 0 radical (unpaired) electrons. The van der Waals surface area contributed by atoms with Crippen molar-refractivity contribution in [2.75, 3.05) is 19.4 Å². The molecule has 1 heterocycles. The van der Waals surface area contributed by atoms with Gasteiger partial charge < -0.3 is 15.0 Å². The van der Waals surface area contributed by atoms with Gasteiger partial charge in [-0.15, -0.1) is 0 Å². The van der Waals surface area contributed by atoms with Gasteiger partial charge in [0, 0.05) is 23.6 Å². The Bertz CT molecular complexity index is 1010. The third-order valence-corrected chi connectivity index (χ3v) is 6.99. The van der Waals surface area contributed by atoms with Crippen molar-refractivity contribution in [2.24, 2.45) is 0 Å². The largest absolute Gasteiger partial charge is 0.468 e. The molecule has 158 valence electrons. The molecule has 0 atom stereocenters. The molecule has 0 saturated heterocycles. The molecular weight excluding hydrogens is 418 g/mol. The van der Waals surface area contributed by atoms with Crippen molar-refractivity contribution in [1.82, 2.24) is 15.0 Å². The lowest BCUT2D eigenvalue weighted by molar-refractivity contribution is -0.137. The van der Waals surface area contributed by atoms with Crippen LogP contribution in [0.15, 0.2) is 24.4 Å². The molecule has 0 bridgehead atoms. The number of amides is 1. The van der Waals surface area contributed by atoms with Crippen molar-refractivity contribution in [3.05, 3.63) is 35.0 Å². The molecule has 2 aromatic rings. The van der Waals surface area contributed by atoms with Crippen LogP contribution in [-0.4, -0.2) is 50.2 Å². The molecule has 1 aliphatic rings. The van der Waals surface area contributed by atoms with E-state index in [1.807, 2.05) is 0 Å². The maximum atomic E-state index is 12.7. The van der Waals surface area contributed by atoms with Gasteiger partial charge in [0.25, 0.3) is 5.91 Å². The van der Waals surface area contributed by atoms with E-state index in [-0.39, 0.29) is 12.5 Å². The number of H-pyrrole nitrogens is 1. The minimum atomic E-state index is -3.90. The molecule has 3 rings (SSSR count). The summed E-state index contributed by atoms with van der Waals surface area (Å²) in [7, 11) is -2.76. The summed E-state index contributed by atoms with van der Waals surface area (Å²) in [5, 5.41) is 3.90. The average Bonchev–Trinajstić information content (AvgIpc) is 3.16. The summed E-state index contributed by atoms with van der Waals surface area (Å²) in [5.74, 6) is -1.97. The molecule has 0 spiro atoms. The standard InChI is InChI=1S/C19H24ClN3O5S/c1-28-16(24)11-29(26,27)23-19(8-3-2-4-9-19)12-22-18(25)14-5-6-15-13(17(14)20)7-10-21-15/h5-7,10,21,23H,2-4,8-9,11-12H2,1H3,(H,22,25). The zero-order valence-corrected chi connectivity index (χ0v) is 17.7. The molecule has 8 nitrogen and oxygen atoms in total. The monoisotopic (exact) mass is 441 g/mol. The Morgan fingerprint density at radius 3 is 2.62 bits per heavy atom. The summed E-state index contributed by atoms with van der Waals surface area (Å²) in [6.45, 7) is 0.105. The number of carbonyl (C=O) groups excluding carboxylic acids is 2. The highest BCUT2D eigenvalue weighted by molar-refractivity contribution is 7.90. The number of carbonyl (C=O) groups is 2. The Morgan fingerprint density at radius 1 is 1.21 bits per heavy atom. The average molecular weight is 442 g/mol. The fourth-order valence-corrected chi connectivity index (χ4v) is 5.49. The zero-order chi connectivity index (χ0) is 21.1. The van der Waals surface area contributed by atoms with Crippen LogP contribution in [0.1, 0.15) is 42.5 Å². The number of hydrogen-bond acceptors (Lipinski definition) is 5. The second-order valence-electron chi connectivity index (χ2n) is 7.33. The second kappa shape index (κ2) is 8.73. The lowest BCUT2D eigenvalue weighted by Gasteiger charge is -2.37. The third kappa shape index (κ3) is 5.09. The molecule has 0 unspecified atom stereocenters. The van der Waals surface area contributed by atoms with Crippen molar-refractivity contribution >= 4 is 44.4 Å². The van der Waals surface area contributed by atoms with Crippen molar-refractivity contribution in [2.45, 2.75) is 37.6 Å². The molecule has 1 aromatic heterocycles. The summed E-state index contributed by atoms with van der Waals surface area (Å²) in [6.07, 6.45) is 5.52. The second-order valence-corrected chi connectivity index (χ2v) is 9.43. The van der Waals surface area contributed by atoms with Gasteiger partial charge in [0.05, 0.1) is 23.2 Å². The topological polar surface area (TPSA) is 117 Å². The molecule has 10 heteroatoms. The number of benzene rings is 1. The van der Waals surface area contributed by atoms with Crippen LogP contribution in [0.4, 0.5) is 0 Å². The van der Waals surface area contributed by atoms with Gasteiger partial charge in [0.2, 0.25) is 10.0 Å². The van der Waals surface area contributed by atoms with Gasteiger partial charge in [-0.2, -0.15) is 0 Å². The molecule has 1 fully saturated rings. The van der Waals surface area contributed by atoms with Crippen molar-refractivity contribution in [3.8, 4) is 0 Å². The normalized spacial score (nSPS) is 16.5. The number of methoxy groups -OCH3 is 1. The molecule has 29 heavy (non-hydrogen) atoms. The maximum Gasteiger partial charge on any atom is 0.322 e. The Morgan fingerprint density at radius 2 is 1.93 bits per heavy atom. The smallest absolute Gasteiger partial charge is 0.322 e. The minimum Gasteiger partial charge on any atom is -0.468 e. The van der Waals surface area contributed by atoms with Crippen molar-refractivity contribution in [3.63, 3.8) is 0 Å². The van der Waals surface area contributed by atoms with Gasteiger partial charge in [-0.3, -0.25) is 9.59 Å². The Balaban J connectivity index is 1.75. The van der Waals surface area contributed by atoms with Crippen LogP contribution in [-0.2, 0) is 19.6 Å². The molecule has 3 N–H and O–H groups in total. The minimum absolute atomic E-state index is 0.105. The fourth-order valence-electron chi connectivity index (χ4n) is 3.74. The number of sulfonamides is 1. The van der Waals surface area contributed by atoms with Crippen molar-refractivity contribution in [1.29, 1.82) is 0 Å². The number of aromatic nitrogens is 1. The number of fused-ring (bicyclic) bond motifs is 1. The number of halogens is 1. The predicted octanol–water partition coefficient (Wildman–Crippen LogP) is 2.35. The first-order valence-electron chi connectivity index (χ1n) is 9.37. The number of esters is 1. The van der Waals surface area contributed by atoms with Crippen LogP contribution >= 0.6 is 11.6 Å². The number of rotatable bonds is 7. The summed E-state index contributed by atoms with van der Waals surface area (Å²) in [4.78, 5) is 27.2. The van der Waals surface area contributed by atoms with Crippen LogP contribution in [0.2, 0.25) is 5.02 Å². The molecule has 1 aliphatic carbocycles. The summed E-state index contributed by atoms with van der Waals surface area (Å²) >= 11 is 6.37. The van der Waals surface area contributed by atoms with Crippen LogP contribution in [0.3, 0.4) is 0 Å². The van der Waals surface area contributed by atoms with Gasteiger partial charge >= 0.3 is 5.97 Å². The molecule has 1 amide bonds. The number of ether oxygens (including phenoxy) is 1. The maximum absolute atomic E-state index is 12.7. The van der Waals surface area contributed by atoms with E-state index in [1.165, 1.54) is 0 Å². The van der Waals surface area contributed by atoms with Crippen LogP contribution in [0.5, 0.6) is 0 Å². The van der Waals surface area contributed by atoms with Gasteiger partial charge in [0.15, 0.2) is 5.75 Å². The van der Waals surface area contributed by atoms with E-state index in [9.17, 15) is 18.0 Å². The van der Waals surface area contributed by atoms with E-state index < -0.39 is 27.3 Å². The lowest BCUT2D eigenvalue weighted by atomic mass is 9.82. The summed E-state index contributed by atoms with van der Waals surface area (Å²) < 4.78 is 31.9. The quantitative estimate of drug-likeness (QED) is 0.570. The SMILES string of the molecule is COC(=O)CS(=O)(=O)NC1(CNC(=O)c2ccc3[nH]ccc3c2Cl)CCCCC1. The van der Waals surface area contributed by atoms with Gasteiger partial charge in [0.1, 0.15) is 0 Å². The van der Waals surface area contributed by atoms with E-state index in [0.717, 1.165) is 37.3 Å². The fraction of sp³-hybridized carbons (Fsp3) is 0.474. The molecular formula is C19H24ClN3O5S. The Kier molecular flexibility index (Phi) is 6.50. The van der Waals surface area contributed by atoms with E-state index in [4.69, 9.17) is 11.6 Å². The first-order chi connectivity index (χ1) is 13.8. The molecule has 0 aliphatic heterocycles. The van der Waals surface area contributed by atoms with E-state index in [1.54, 1.807) is 24.4 Å². The zero-order valence-electron chi connectivity index (χ0n) is 16.1. The number of hydrogen-bond donors (Lipinski definition) is 3. The van der Waals surface area contributed by atoms with Gasteiger partial charge in [-0.05, 0) is 31.0 Å². The Labute approximate surface area is 174 Å². The van der Waals surface area contributed by atoms with E-state index >= 15 is 0 Å². The predicted molar refractivity (Wildman–Crippen MR) is 110 cm³/mol. The molecule has 1 saturated carbocycles. The first kappa shape index (κ1) is 21.6. The summed E-state index contributed by atoms with van der Waals surface area (Å²) in [5.41, 5.74) is 0.304. The highest BCUT2D eigenvalue weighted by atomic mass is 35.5. The van der Waals surface area contributed by atoms with Gasteiger partial charge in [-0.25, -0.2) is 13.1 Å². The number of aromatic amines is 1. The van der Waals surface area contributed by atoms with Crippen LogP contribution < -0.4 is 10.0 Å². The van der Waals surface area contributed by atoms with Crippen LogP contribution in [0, 0.1) is 0 Å². The van der Waals surface area contributed by atoms with E-state index in [0.29, 0.717) is 23.4 Å². The highest BCUT2D eigenvalue weighted by Gasteiger charge is 2.37. The number of nitrogens with one attached hydrogen (secondary N) is 3. The van der Waals surface area contributed by atoms with Crippen molar-refractivity contribution < 1.29 is 22.7 Å².